The van der Waals surface area contributed by atoms with Crippen molar-refractivity contribution in [1.82, 2.24) is 4.98 Å². The van der Waals surface area contributed by atoms with Gasteiger partial charge in [-0.05, 0) is 42.8 Å². The van der Waals surface area contributed by atoms with Crippen LogP contribution in [0.25, 0.3) is 10.9 Å². The van der Waals surface area contributed by atoms with Crippen molar-refractivity contribution in [3.63, 3.8) is 0 Å². The van der Waals surface area contributed by atoms with Gasteiger partial charge in [0.25, 0.3) is 0 Å². The van der Waals surface area contributed by atoms with Gasteiger partial charge < -0.3 is 14.0 Å². The van der Waals surface area contributed by atoms with Crippen molar-refractivity contribution in [3.8, 4) is 11.5 Å². The molecular weight excluding hydrogens is 354 g/mol. The second kappa shape index (κ2) is 7.72. The summed E-state index contributed by atoms with van der Waals surface area (Å²) in [4.78, 5) is 4.18. The highest BCUT2D eigenvalue weighted by molar-refractivity contribution is 7.87. The number of rotatable bonds is 7. The summed E-state index contributed by atoms with van der Waals surface area (Å²) < 4.78 is 35.9. The lowest BCUT2D eigenvalue weighted by molar-refractivity contribution is 0.233. The van der Waals surface area contributed by atoms with Gasteiger partial charge in [-0.2, -0.15) is 8.42 Å². The van der Waals surface area contributed by atoms with E-state index in [9.17, 15) is 8.42 Å². The zero-order chi connectivity index (χ0) is 18.6. The summed E-state index contributed by atoms with van der Waals surface area (Å²) in [5.41, 5.74) is 1.37. The molecule has 0 aliphatic rings. The van der Waals surface area contributed by atoms with Crippen molar-refractivity contribution in [2.24, 2.45) is 0 Å². The topological polar surface area (TPSA) is 85.7 Å². The second-order valence-electron chi connectivity index (χ2n) is 5.79. The van der Waals surface area contributed by atoms with Crippen LogP contribution in [0.5, 0.6) is 11.5 Å². The molecule has 3 aromatic rings. The molecule has 3 rings (SSSR count). The van der Waals surface area contributed by atoms with Gasteiger partial charge in [0.05, 0.1) is 12.1 Å². The first-order valence-electron chi connectivity index (χ1n) is 8.13. The highest BCUT2D eigenvalue weighted by atomic mass is 32.2. The van der Waals surface area contributed by atoms with E-state index >= 15 is 0 Å². The molecule has 0 aliphatic heterocycles. The maximum atomic E-state index is 12.6. The molecule has 0 fully saturated rings. The van der Waals surface area contributed by atoms with Crippen molar-refractivity contribution in [3.05, 3.63) is 60.2 Å². The molecule has 136 valence electrons. The number of ether oxygens (including phenoxy) is 1. The Morgan fingerprint density at radius 1 is 1.04 bits per heavy atom. The van der Waals surface area contributed by atoms with Gasteiger partial charge in [0.1, 0.15) is 11.5 Å². The average molecular weight is 373 g/mol. The fourth-order valence-corrected chi connectivity index (χ4v) is 3.34. The second-order valence-corrected chi connectivity index (χ2v) is 7.28. The van der Waals surface area contributed by atoms with Gasteiger partial charge in [0.2, 0.25) is 0 Å². The number of aryl methyl sites for hydroxylation is 1. The predicted octanol–water partition coefficient (Wildman–Crippen LogP) is 3.07. The number of nitrogens with zero attached hydrogens (tertiary/aromatic N) is 1. The standard InChI is InChI=1S/C19H19NO5S/c1-14-11-16(24-10-4-9-21)13-17(12-14)25-26(22,23)19-8-7-15-5-2-3-6-18(15)20-19/h2-3,5-8,11-13,21H,4,9-10H2,1H3. The lowest BCUT2D eigenvalue weighted by atomic mass is 10.2. The molecule has 1 heterocycles. The summed E-state index contributed by atoms with van der Waals surface area (Å²) in [5, 5.41) is 9.51. The Hall–Kier alpha value is -2.64. The summed E-state index contributed by atoms with van der Waals surface area (Å²) in [7, 11) is -4.07. The van der Waals surface area contributed by atoms with E-state index in [1.807, 2.05) is 19.1 Å². The molecule has 6 nitrogen and oxygen atoms in total. The van der Waals surface area contributed by atoms with Crippen LogP contribution in [-0.4, -0.2) is 31.7 Å². The Kier molecular flexibility index (Phi) is 5.39. The van der Waals surface area contributed by atoms with Crippen LogP contribution >= 0.6 is 0 Å². The average Bonchev–Trinajstić information content (AvgIpc) is 2.60. The fraction of sp³-hybridized carbons (Fsp3) is 0.211. The largest absolute Gasteiger partial charge is 0.493 e. The molecule has 0 aliphatic carbocycles. The van der Waals surface area contributed by atoms with E-state index in [0.717, 1.165) is 10.9 Å². The molecular formula is C19H19NO5S. The molecule has 0 radical (unpaired) electrons. The third kappa shape index (κ3) is 4.30. The van der Waals surface area contributed by atoms with Gasteiger partial charge in [0, 0.05) is 24.5 Å². The molecule has 0 saturated heterocycles. The number of para-hydroxylation sites is 1. The van der Waals surface area contributed by atoms with Gasteiger partial charge in [0.15, 0.2) is 5.03 Å². The lowest BCUT2D eigenvalue weighted by Crippen LogP contribution is -2.12. The van der Waals surface area contributed by atoms with Gasteiger partial charge in [-0.25, -0.2) is 4.98 Å². The predicted molar refractivity (Wildman–Crippen MR) is 97.9 cm³/mol. The minimum Gasteiger partial charge on any atom is -0.493 e. The number of hydrogen-bond acceptors (Lipinski definition) is 6. The number of pyridine rings is 1. The number of aliphatic hydroxyl groups is 1. The highest BCUT2D eigenvalue weighted by Gasteiger charge is 2.19. The van der Waals surface area contributed by atoms with E-state index in [1.165, 1.54) is 12.1 Å². The van der Waals surface area contributed by atoms with Crippen LogP contribution in [0.3, 0.4) is 0 Å². The summed E-state index contributed by atoms with van der Waals surface area (Å²) in [6.45, 7) is 2.17. The highest BCUT2D eigenvalue weighted by Crippen LogP contribution is 2.26. The number of hydrogen-bond donors (Lipinski definition) is 1. The van der Waals surface area contributed by atoms with Crippen molar-refractivity contribution >= 4 is 21.0 Å². The summed E-state index contributed by atoms with van der Waals surface area (Å²) in [5.74, 6) is 0.633. The first kappa shape index (κ1) is 18.2. The fourth-order valence-electron chi connectivity index (χ4n) is 2.46. The number of aromatic nitrogens is 1. The minimum absolute atomic E-state index is 0.0250. The molecule has 26 heavy (non-hydrogen) atoms. The van der Waals surface area contributed by atoms with E-state index in [-0.39, 0.29) is 17.4 Å². The molecule has 2 aromatic carbocycles. The maximum absolute atomic E-state index is 12.6. The van der Waals surface area contributed by atoms with Crippen LogP contribution < -0.4 is 8.92 Å². The Morgan fingerprint density at radius 3 is 2.62 bits per heavy atom. The van der Waals surface area contributed by atoms with Crippen LogP contribution in [0, 0.1) is 6.92 Å². The Labute approximate surface area is 152 Å². The molecule has 0 bridgehead atoms. The Morgan fingerprint density at radius 2 is 1.81 bits per heavy atom. The van der Waals surface area contributed by atoms with E-state index < -0.39 is 10.1 Å². The summed E-state index contributed by atoms with van der Waals surface area (Å²) in [6, 6.07) is 15.3. The molecule has 1 aromatic heterocycles. The molecule has 0 amide bonds. The van der Waals surface area contributed by atoms with Crippen molar-refractivity contribution in [2.75, 3.05) is 13.2 Å². The minimum atomic E-state index is -4.07. The van der Waals surface area contributed by atoms with Gasteiger partial charge in [-0.15, -0.1) is 0 Å². The van der Waals surface area contributed by atoms with Crippen LogP contribution in [0.2, 0.25) is 0 Å². The zero-order valence-electron chi connectivity index (χ0n) is 14.3. The SMILES string of the molecule is Cc1cc(OCCCO)cc(OS(=O)(=O)c2ccc3ccccc3n2)c1. The normalized spacial score (nSPS) is 11.5. The van der Waals surface area contributed by atoms with Crippen LogP contribution in [0.1, 0.15) is 12.0 Å². The molecule has 0 spiro atoms. The van der Waals surface area contributed by atoms with E-state index in [2.05, 4.69) is 4.98 Å². The summed E-state index contributed by atoms with van der Waals surface area (Å²) in [6.07, 6.45) is 0.490. The van der Waals surface area contributed by atoms with Crippen LogP contribution in [0.4, 0.5) is 0 Å². The third-order valence-electron chi connectivity index (χ3n) is 3.63. The molecule has 0 unspecified atom stereocenters. The smallest absolute Gasteiger partial charge is 0.356 e. The quantitative estimate of drug-likeness (QED) is 0.506. The van der Waals surface area contributed by atoms with E-state index in [4.69, 9.17) is 14.0 Å². The van der Waals surface area contributed by atoms with Gasteiger partial charge in [-0.1, -0.05) is 18.2 Å². The maximum Gasteiger partial charge on any atom is 0.356 e. The Bertz CT molecular complexity index is 1020. The van der Waals surface area contributed by atoms with Gasteiger partial charge >= 0.3 is 10.1 Å². The number of aliphatic hydroxyl groups excluding tert-OH is 1. The lowest BCUT2D eigenvalue weighted by Gasteiger charge is -2.11. The van der Waals surface area contributed by atoms with E-state index in [0.29, 0.717) is 24.3 Å². The number of fused-ring (bicyclic) bond motifs is 1. The zero-order valence-corrected chi connectivity index (χ0v) is 15.1. The van der Waals surface area contributed by atoms with E-state index in [1.54, 1.807) is 30.3 Å². The van der Waals surface area contributed by atoms with Crippen molar-refractivity contribution in [2.45, 2.75) is 18.4 Å². The van der Waals surface area contributed by atoms with Crippen molar-refractivity contribution in [1.29, 1.82) is 0 Å². The first-order valence-corrected chi connectivity index (χ1v) is 9.54. The molecule has 1 N–H and O–H groups in total. The molecule has 7 heteroatoms. The third-order valence-corrected chi connectivity index (χ3v) is 4.78. The first-order chi connectivity index (χ1) is 12.5. The number of benzene rings is 2. The summed E-state index contributed by atoms with van der Waals surface area (Å²) >= 11 is 0. The molecule has 0 atom stereocenters. The van der Waals surface area contributed by atoms with Crippen molar-refractivity contribution < 1.29 is 22.4 Å². The van der Waals surface area contributed by atoms with Gasteiger partial charge in [-0.3, -0.25) is 0 Å². The Balaban J connectivity index is 1.86. The molecule has 0 saturated carbocycles. The van der Waals surface area contributed by atoms with Crippen LogP contribution in [-0.2, 0) is 10.1 Å². The van der Waals surface area contributed by atoms with Crippen LogP contribution in [0.15, 0.2) is 59.6 Å². The monoisotopic (exact) mass is 373 g/mol.